The third-order valence-electron chi connectivity index (χ3n) is 1.49. The van der Waals surface area contributed by atoms with Crippen LogP contribution in [0.2, 0.25) is 0 Å². The number of rotatable bonds is 0. The van der Waals surface area contributed by atoms with Crippen molar-refractivity contribution in [2.45, 2.75) is 13.0 Å². The summed E-state index contributed by atoms with van der Waals surface area (Å²) >= 11 is 5.25. The Hall–Kier alpha value is -0.280. The zero-order chi connectivity index (χ0) is 7.56. The summed E-state index contributed by atoms with van der Waals surface area (Å²) < 4.78 is 5.21. The molecule has 0 aliphatic carbocycles. The van der Waals surface area contributed by atoms with E-state index in [2.05, 4.69) is 0 Å². The maximum Gasteiger partial charge on any atom is 0.316 e. The van der Waals surface area contributed by atoms with Gasteiger partial charge in [-0.1, -0.05) is 0 Å². The maximum atomic E-state index is 10.6. The molecule has 0 aromatic carbocycles. The molecule has 1 rings (SSSR count). The van der Waals surface area contributed by atoms with Crippen LogP contribution >= 0.6 is 11.6 Å². The van der Waals surface area contributed by atoms with Gasteiger partial charge < -0.3 is 9.64 Å². The highest BCUT2D eigenvalue weighted by Crippen LogP contribution is 2.06. The van der Waals surface area contributed by atoms with Crippen molar-refractivity contribution in [3.8, 4) is 0 Å². The Morgan fingerprint density at radius 1 is 1.80 bits per heavy atom. The number of nitrogens with zero attached hydrogens (tertiary/aromatic N) is 1. The van der Waals surface area contributed by atoms with Gasteiger partial charge in [0.15, 0.2) is 0 Å². The van der Waals surface area contributed by atoms with Crippen molar-refractivity contribution in [1.29, 1.82) is 0 Å². The second-order valence-corrected chi connectivity index (χ2v) is 2.70. The Morgan fingerprint density at radius 3 is 2.90 bits per heavy atom. The fourth-order valence-electron chi connectivity index (χ4n) is 0.978. The number of halogens is 1. The van der Waals surface area contributed by atoms with Gasteiger partial charge in [-0.3, -0.25) is 4.79 Å². The number of morpholine rings is 1. The molecule has 1 aliphatic rings. The third kappa shape index (κ3) is 1.85. The van der Waals surface area contributed by atoms with Crippen LogP contribution in [0.1, 0.15) is 6.92 Å². The fraction of sp³-hybridized carbons (Fsp3) is 0.833. The molecule has 1 heterocycles. The van der Waals surface area contributed by atoms with Crippen LogP contribution < -0.4 is 0 Å². The lowest BCUT2D eigenvalue weighted by atomic mass is 10.3. The van der Waals surface area contributed by atoms with Crippen LogP contribution in [0.5, 0.6) is 0 Å². The van der Waals surface area contributed by atoms with Gasteiger partial charge in [0, 0.05) is 13.1 Å². The van der Waals surface area contributed by atoms with Crippen LogP contribution in [-0.4, -0.2) is 36.1 Å². The number of carbonyl (C=O) groups excluding carboxylic acids is 1. The molecule has 4 heteroatoms. The first-order chi connectivity index (χ1) is 4.70. The summed E-state index contributed by atoms with van der Waals surface area (Å²) in [6.07, 6.45) is 0.122. The number of ether oxygens (including phenoxy) is 1. The molecule has 0 radical (unpaired) electrons. The topological polar surface area (TPSA) is 29.5 Å². The highest BCUT2D eigenvalue weighted by molar-refractivity contribution is 6.62. The summed E-state index contributed by atoms with van der Waals surface area (Å²) in [5.41, 5.74) is 0. The highest BCUT2D eigenvalue weighted by atomic mass is 35.5. The molecule has 0 saturated carbocycles. The van der Waals surface area contributed by atoms with Crippen LogP contribution in [0, 0.1) is 0 Å². The molecule has 10 heavy (non-hydrogen) atoms. The molecule has 3 nitrogen and oxygen atoms in total. The minimum absolute atomic E-state index is 0.122. The first-order valence-corrected chi connectivity index (χ1v) is 3.64. The van der Waals surface area contributed by atoms with Crippen molar-refractivity contribution >= 4 is 17.0 Å². The zero-order valence-electron chi connectivity index (χ0n) is 5.84. The summed E-state index contributed by atoms with van der Waals surface area (Å²) in [7, 11) is 0. The van der Waals surface area contributed by atoms with Crippen LogP contribution in [-0.2, 0) is 4.74 Å². The standard InChI is InChI=1S/C6H10ClNO2/c1-5-4-8(6(7)9)2-3-10-5/h5H,2-4H2,1H3/t5-/m0/s1. The van der Waals surface area contributed by atoms with Gasteiger partial charge in [0.05, 0.1) is 12.7 Å². The number of amides is 1. The molecule has 1 fully saturated rings. The van der Waals surface area contributed by atoms with Crippen molar-refractivity contribution in [2.24, 2.45) is 0 Å². The van der Waals surface area contributed by atoms with E-state index in [9.17, 15) is 4.79 Å². The highest BCUT2D eigenvalue weighted by Gasteiger charge is 2.19. The van der Waals surface area contributed by atoms with Gasteiger partial charge in [-0.15, -0.1) is 0 Å². The van der Waals surface area contributed by atoms with Crippen molar-refractivity contribution in [3.05, 3.63) is 0 Å². The fourth-order valence-corrected chi connectivity index (χ4v) is 1.13. The third-order valence-corrected chi connectivity index (χ3v) is 1.73. The van der Waals surface area contributed by atoms with Gasteiger partial charge in [-0.2, -0.15) is 0 Å². The Labute approximate surface area is 64.9 Å². The smallest absolute Gasteiger partial charge is 0.316 e. The normalized spacial score (nSPS) is 26.6. The van der Waals surface area contributed by atoms with E-state index < -0.39 is 0 Å². The van der Waals surface area contributed by atoms with E-state index in [0.29, 0.717) is 19.7 Å². The monoisotopic (exact) mass is 163 g/mol. The Balaban J connectivity index is 2.39. The zero-order valence-corrected chi connectivity index (χ0v) is 6.60. The Morgan fingerprint density at radius 2 is 2.50 bits per heavy atom. The quantitative estimate of drug-likeness (QED) is 0.395. The van der Waals surface area contributed by atoms with Gasteiger partial charge >= 0.3 is 5.37 Å². The SMILES string of the molecule is C[C@H]1CN(C(=O)Cl)CCO1. The molecular formula is C6H10ClNO2. The van der Waals surface area contributed by atoms with Crippen molar-refractivity contribution in [3.63, 3.8) is 0 Å². The number of hydrogen-bond donors (Lipinski definition) is 0. The van der Waals surface area contributed by atoms with E-state index in [0.717, 1.165) is 0 Å². The molecule has 0 aromatic rings. The lowest BCUT2D eigenvalue weighted by Gasteiger charge is -2.29. The van der Waals surface area contributed by atoms with Crippen LogP contribution in [0.15, 0.2) is 0 Å². The first kappa shape index (κ1) is 7.82. The van der Waals surface area contributed by atoms with Crippen molar-refractivity contribution in [1.82, 2.24) is 4.90 Å². The predicted molar refractivity (Wildman–Crippen MR) is 38.2 cm³/mol. The number of carbonyl (C=O) groups is 1. The lowest BCUT2D eigenvalue weighted by Crippen LogP contribution is -2.42. The van der Waals surface area contributed by atoms with E-state index in [4.69, 9.17) is 16.3 Å². The Bertz CT molecular complexity index is 140. The average Bonchev–Trinajstić information content (AvgIpc) is 1.88. The van der Waals surface area contributed by atoms with Gasteiger partial charge in [-0.25, -0.2) is 0 Å². The molecule has 0 N–H and O–H groups in total. The van der Waals surface area contributed by atoms with Crippen molar-refractivity contribution in [2.75, 3.05) is 19.7 Å². The predicted octanol–water partition coefficient (Wildman–Crippen LogP) is 1.07. The van der Waals surface area contributed by atoms with Crippen LogP contribution in [0.25, 0.3) is 0 Å². The molecule has 1 atom stereocenters. The summed E-state index contributed by atoms with van der Waals surface area (Å²) in [6.45, 7) is 3.75. The summed E-state index contributed by atoms with van der Waals surface area (Å²) in [5, 5.41) is -0.379. The molecule has 0 aromatic heterocycles. The van der Waals surface area contributed by atoms with E-state index in [1.165, 1.54) is 0 Å². The molecule has 1 saturated heterocycles. The molecule has 0 unspecified atom stereocenters. The Kier molecular flexibility index (Phi) is 2.51. The minimum Gasteiger partial charge on any atom is -0.375 e. The molecule has 58 valence electrons. The van der Waals surface area contributed by atoms with Gasteiger partial charge in [0.1, 0.15) is 0 Å². The van der Waals surface area contributed by atoms with Gasteiger partial charge in [0.25, 0.3) is 0 Å². The lowest BCUT2D eigenvalue weighted by molar-refractivity contribution is 0.000295. The second-order valence-electron chi connectivity index (χ2n) is 2.38. The summed E-state index contributed by atoms with van der Waals surface area (Å²) in [6, 6.07) is 0. The van der Waals surface area contributed by atoms with Crippen LogP contribution in [0.4, 0.5) is 4.79 Å². The first-order valence-electron chi connectivity index (χ1n) is 3.26. The molecule has 1 amide bonds. The van der Waals surface area contributed by atoms with E-state index in [-0.39, 0.29) is 11.5 Å². The van der Waals surface area contributed by atoms with E-state index in [1.54, 1.807) is 4.90 Å². The van der Waals surface area contributed by atoms with Crippen LogP contribution in [0.3, 0.4) is 0 Å². The van der Waals surface area contributed by atoms with Crippen molar-refractivity contribution < 1.29 is 9.53 Å². The van der Waals surface area contributed by atoms with Gasteiger partial charge in [-0.05, 0) is 18.5 Å². The second kappa shape index (κ2) is 3.21. The van der Waals surface area contributed by atoms with E-state index in [1.807, 2.05) is 6.92 Å². The largest absolute Gasteiger partial charge is 0.375 e. The average molecular weight is 164 g/mol. The van der Waals surface area contributed by atoms with E-state index >= 15 is 0 Å². The molecule has 0 spiro atoms. The summed E-state index contributed by atoms with van der Waals surface area (Å²) in [5.74, 6) is 0. The maximum absolute atomic E-state index is 10.6. The number of hydrogen-bond acceptors (Lipinski definition) is 2. The van der Waals surface area contributed by atoms with Gasteiger partial charge in [0.2, 0.25) is 0 Å². The summed E-state index contributed by atoms with van der Waals surface area (Å²) in [4.78, 5) is 12.2. The molecular weight excluding hydrogens is 154 g/mol. The molecule has 0 bridgehead atoms. The minimum atomic E-state index is -0.379. The molecule has 1 aliphatic heterocycles.